The van der Waals surface area contributed by atoms with Crippen molar-refractivity contribution < 1.29 is 0 Å². The van der Waals surface area contributed by atoms with Gasteiger partial charge >= 0.3 is 0 Å². The summed E-state index contributed by atoms with van der Waals surface area (Å²) in [4.78, 5) is 15.8. The largest absolute Gasteiger partial charge is 0.348 e. The first-order valence-corrected chi connectivity index (χ1v) is 6.81. The van der Waals surface area contributed by atoms with Gasteiger partial charge in [-0.25, -0.2) is 15.0 Å². The third-order valence-electron chi connectivity index (χ3n) is 4.39. The molecule has 5 heteroatoms. The Bertz CT molecular complexity index is 643. The first-order valence-electron chi connectivity index (χ1n) is 6.81. The van der Waals surface area contributed by atoms with Crippen LogP contribution in [0.2, 0.25) is 0 Å². The summed E-state index contributed by atoms with van der Waals surface area (Å²) in [5, 5.41) is 0. The molecule has 0 spiro atoms. The molecule has 2 fully saturated rings. The highest BCUT2D eigenvalue weighted by Crippen LogP contribution is 2.41. The van der Waals surface area contributed by atoms with E-state index in [4.69, 9.17) is 0 Å². The van der Waals surface area contributed by atoms with Crippen LogP contribution >= 0.6 is 0 Å². The Morgan fingerprint density at radius 1 is 1.16 bits per heavy atom. The first-order chi connectivity index (χ1) is 9.24. The molecule has 2 saturated heterocycles. The van der Waals surface area contributed by atoms with E-state index in [1.54, 1.807) is 6.33 Å². The molecule has 0 saturated carbocycles. The summed E-state index contributed by atoms with van der Waals surface area (Å²) < 4.78 is 1.95. The standard InChI is InChI=1S/C14H17N5/c1-9-5-10-3-4-11(6-9)19(10)14-12-13(15-7-16-14)18(2)8-17-12/h7-8,10-11H,1,3-6H2,2H3. The Hall–Kier alpha value is -1.91. The van der Waals surface area contributed by atoms with Crippen LogP contribution in [0.25, 0.3) is 11.2 Å². The van der Waals surface area contributed by atoms with Crippen LogP contribution in [0.4, 0.5) is 5.82 Å². The van der Waals surface area contributed by atoms with Crippen molar-refractivity contribution >= 4 is 17.0 Å². The minimum Gasteiger partial charge on any atom is -0.348 e. The van der Waals surface area contributed by atoms with Gasteiger partial charge < -0.3 is 9.47 Å². The highest BCUT2D eigenvalue weighted by Gasteiger charge is 2.39. The van der Waals surface area contributed by atoms with E-state index in [1.807, 2.05) is 17.9 Å². The second-order valence-electron chi connectivity index (χ2n) is 5.68. The predicted molar refractivity (Wildman–Crippen MR) is 74.0 cm³/mol. The lowest BCUT2D eigenvalue weighted by Gasteiger charge is -2.36. The molecule has 4 rings (SSSR count). The highest BCUT2D eigenvalue weighted by atomic mass is 15.3. The van der Waals surface area contributed by atoms with Gasteiger partial charge in [0, 0.05) is 19.1 Å². The molecule has 2 bridgehead atoms. The summed E-state index contributed by atoms with van der Waals surface area (Å²) >= 11 is 0. The van der Waals surface area contributed by atoms with E-state index in [1.165, 1.54) is 18.4 Å². The van der Waals surface area contributed by atoms with Crippen LogP contribution in [-0.4, -0.2) is 31.6 Å². The van der Waals surface area contributed by atoms with E-state index in [2.05, 4.69) is 26.4 Å². The van der Waals surface area contributed by atoms with Crippen molar-refractivity contribution in [3.8, 4) is 0 Å². The molecule has 0 N–H and O–H groups in total. The normalized spacial score (nSPS) is 26.4. The van der Waals surface area contributed by atoms with E-state index in [0.29, 0.717) is 12.1 Å². The fraction of sp³-hybridized carbons (Fsp3) is 0.500. The molecule has 2 aromatic heterocycles. The summed E-state index contributed by atoms with van der Waals surface area (Å²) in [7, 11) is 1.97. The van der Waals surface area contributed by atoms with E-state index in [-0.39, 0.29) is 0 Å². The molecular formula is C14H17N5. The van der Waals surface area contributed by atoms with Gasteiger partial charge in [0.2, 0.25) is 0 Å². The molecule has 2 unspecified atom stereocenters. The summed E-state index contributed by atoms with van der Waals surface area (Å²) in [6, 6.07) is 1.10. The number of aromatic nitrogens is 4. The molecule has 0 amide bonds. The molecule has 0 aromatic carbocycles. The lowest BCUT2D eigenvalue weighted by Crippen LogP contribution is -2.41. The average Bonchev–Trinajstić information content (AvgIpc) is 2.89. The molecule has 0 aliphatic carbocycles. The number of anilines is 1. The molecule has 5 nitrogen and oxygen atoms in total. The zero-order valence-corrected chi connectivity index (χ0v) is 11.1. The third-order valence-corrected chi connectivity index (χ3v) is 4.39. The zero-order valence-electron chi connectivity index (χ0n) is 11.1. The summed E-state index contributed by atoms with van der Waals surface area (Å²) in [6.07, 6.45) is 8.13. The van der Waals surface area contributed by atoms with Gasteiger partial charge in [-0.2, -0.15) is 0 Å². The summed E-state index contributed by atoms with van der Waals surface area (Å²) in [5.74, 6) is 1.01. The maximum atomic E-state index is 4.52. The number of fused-ring (bicyclic) bond motifs is 3. The number of hydrogen-bond acceptors (Lipinski definition) is 4. The smallest absolute Gasteiger partial charge is 0.165 e. The van der Waals surface area contributed by atoms with Crippen LogP contribution < -0.4 is 4.90 Å². The molecule has 0 radical (unpaired) electrons. The molecule has 2 aliphatic heterocycles. The van der Waals surface area contributed by atoms with Gasteiger partial charge in [0.1, 0.15) is 6.33 Å². The minimum absolute atomic E-state index is 0.548. The monoisotopic (exact) mass is 255 g/mol. The van der Waals surface area contributed by atoms with Crippen molar-refractivity contribution in [3.05, 3.63) is 24.8 Å². The number of imidazole rings is 1. The van der Waals surface area contributed by atoms with Crippen LogP contribution in [0.1, 0.15) is 25.7 Å². The molecule has 2 atom stereocenters. The molecule has 2 aromatic rings. The van der Waals surface area contributed by atoms with Crippen molar-refractivity contribution in [2.75, 3.05) is 4.90 Å². The van der Waals surface area contributed by atoms with Crippen LogP contribution in [0.15, 0.2) is 24.8 Å². The fourth-order valence-corrected chi connectivity index (χ4v) is 3.58. The van der Waals surface area contributed by atoms with E-state index < -0.39 is 0 Å². The van der Waals surface area contributed by atoms with E-state index in [0.717, 1.165) is 29.8 Å². The topological polar surface area (TPSA) is 46.8 Å². The Kier molecular flexibility index (Phi) is 2.19. The number of rotatable bonds is 1. The molecule has 19 heavy (non-hydrogen) atoms. The Morgan fingerprint density at radius 2 is 1.89 bits per heavy atom. The number of piperidine rings is 1. The van der Waals surface area contributed by atoms with Crippen molar-refractivity contribution in [2.24, 2.45) is 7.05 Å². The molecule has 98 valence electrons. The SMILES string of the molecule is C=C1CC2CCC(C1)N2c1ncnc2c1ncn2C. The van der Waals surface area contributed by atoms with Crippen LogP contribution in [-0.2, 0) is 7.05 Å². The van der Waals surface area contributed by atoms with Crippen molar-refractivity contribution in [1.29, 1.82) is 0 Å². The maximum Gasteiger partial charge on any atom is 0.165 e. The number of aryl methyl sites for hydroxylation is 1. The Balaban J connectivity index is 1.85. The summed E-state index contributed by atoms with van der Waals surface area (Å²) in [5.41, 5.74) is 3.22. The Morgan fingerprint density at radius 3 is 2.63 bits per heavy atom. The molecular weight excluding hydrogens is 238 g/mol. The minimum atomic E-state index is 0.548. The van der Waals surface area contributed by atoms with Gasteiger partial charge in [-0.3, -0.25) is 0 Å². The molecule has 2 aliphatic rings. The lowest BCUT2D eigenvalue weighted by atomic mass is 9.98. The third kappa shape index (κ3) is 1.50. The number of nitrogens with zero attached hydrogens (tertiary/aromatic N) is 5. The number of hydrogen-bond donors (Lipinski definition) is 0. The van der Waals surface area contributed by atoms with Crippen molar-refractivity contribution in [3.63, 3.8) is 0 Å². The van der Waals surface area contributed by atoms with Crippen molar-refractivity contribution in [2.45, 2.75) is 37.8 Å². The van der Waals surface area contributed by atoms with Gasteiger partial charge in [0.25, 0.3) is 0 Å². The lowest BCUT2D eigenvalue weighted by molar-refractivity contribution is 0.547. The van der Waals surface area contributed by atoms with Crippen LogP contribution in [0.3, 0.4) is 0 Å². The molecule has 4 heterocycles. The summed E-state index contributed by atoms with van der Waals surface area (Å²) in [6.45, 7) is 4.17. The van der Waals surface area contributed by atoms with Gasteiger partial charge in [0.15, 0.2) is 17.0 Å². The zero-order chi connectivity index (χ0) is 13.0. The quantitative estimate of drug-likeness (QED) is 0.732. The fourth-order valence-electron chi connectivity index (χ4n) is 3.58. The maximum absolute atomic E-state index is 4.52. The Labute approximate surface area is 112 Å². The second kappa shape index (κ2) is 3.79. The van der Waals surface area contributed by atoms with Gasteiger partial charge in [0.05, 0.1) is 6.33 Å². The first kappa shape index (κ1) is 11.0. The highest BCUT2D eigenvalue weighted by molar-refractivity contribution is 5.84. The predicted octanol–water partition coefficient (Wildman–Crippen LogP) is 2.05. The van der Waals surface area contributed by atoms with Crippen LogP contribution in [0.5, 0.6) is 0 Å². The van der Waals surface area contributed by atoms with E-state index in [9.17, 15) is 0 Å². The van der Waals surface area contributed by atoms with Gasteiger partial charge in [-0.15, -0.1) is 0 Å². The van der Waals surface area contributed by atoms with Crippen LogP contribution in [0, 0.1) is 0 Å². The van der Waals surface area contributed by atoms with E-state index >= 15 is 0 Å². The van der Waals surface area contributed by atoms with Gasteiger partial charge in [-0.1, -0.05) is 12.2 Å². The average molecular weight is 255 g/mol. The van der Waals surface area contributed by atoms with Crippen molar-refractivity contribution in [1.82, 2.24) is 19.5 Å². The van der Waals surface area contributed by atoms with Gasteiger partial charge in [-0.05, 0) is 25.7 Å². The second-order valence-corrected chi connectivity index (χ2v) is 5.68.